The first-order chi connectivity index (χ1) is 33.4. The molecule has 2 aliphatic heterocycles. The number of hydrogen-bond donors (Lipinski definition) is 1. The smallest absolute Gasteiger partial charge is 0.0725 e. The summed E-state index contributed by atoms with van der Waals surface area (Å²) >= 11 is 0. The Kier molecular flexibility index (Phi) is 8.21. The highest BCUT2D eigenvalue weighted by Crippen LogP contribution is 2.63. The number of benzene rings is 10. The SMILES string of the molecule is CN1c2ccccc2Nc2ccc(-c3ccc(-c4ccc5c(c4)C4(c6ccccc6-c6ccccc64)c4cc(-c6ccc(-c7ccc8c(c7)N(C)c7ccccc7N8C)cc6)ccc4-5)cc3)cc21. The molecule has 0 aromatic heterocycles. The summed E-state index contributed by atoms with van der Waals surface area (Å²) < 4.78 is 0. The third kappa shape index (κ3) is 5.43. The van der Waals surface area contributed by atoms with Gasteiger partial charge in [-0.05, 0) is 150 Å². The van der Waals surface area contributed by atoms with Crippen LogP contribution in [0.1, 0.15) is 22.3 Å². The number of nitrogens with zero attached hydrogens (tertiary/aromatic N) is 3. The zero-order valence-corrected chi connectivity index (χ0v) is 38.1. The molecule has 4 aliphatic rings. The first-order valence-corrected chi connectivity index (χ1v) is 23.6. The van der Waals surface area contributed by atoms with Crippen LogP contribution in [-0.4, -0.2) is 21.1 Å². The number of anilines is 8. The Bertz CT molecular complexity index is 3670. The highest BCUT2D eigenvalue weighted by molar-refractivity contribution is 5.99. The van der Waals surface area contributed by atoms with Crippen molar-refractivity contribution in [3.05, 3.63) is 241 Å². The maximum atomic E-state index is 3.63. The summed E-state index contributed by atoms with van der Waals surface area (Å²) in [5.41, 5.74) is 29.2. The standard InChI is InChI=1S/C64H46N4/c1-66-58-17-9-8-16-56(58)65-57-34-30-46(38-62(57)66)42-24-20-40(21-25-42)44-28-32-50-51-33-29-45(37-55(51)64(54(50)36-44)52-14-6-4-12-48(52)49-13-5-7-15-53(49)64)41-22-26-43(27-23-41)47-31-35-61-63(39-47)68(3)60-19-11-10-18-59(60)67(61)2/h4-39,65H,1-3H3. The monoisotopic (exact) mass is 870 g/mol. The van der Waals surface area contributed by atoms with Crippen LogP contribution < -0.4 is 20.0 Å². The minimum Gasteiger partial charge on any atom is -0.352 e. The van der Waals surface area contributed by atoms with Crippen LogP contribution in [0.4, 0.5) is 45.5 Å². The molecule has 0 amide bonds. The molecule has 0 atom stereocenters. The molecule has 2 aliphatic carbocycles. The molecule has 10 aromatic rings. The molecule has 0 saturated carbocycles. The van der Waals surface area contributed by atoms with Crippen molar-refractivity contribution in [3.8, 4) is 66.8 Å². The molecule has 0 saturated heterocycles. The van der Waals surface area contributed by atoms with E-state index in [1.54, 1.807) is 0 Å². The van der Waals surface area contributed by atoms with Crippen molar-refractivity contribution in [2.45, 2.75) is 5.41 Å². The average molecular weight is 871 g/mol. The van der Waals surface area contributed by atoms with Gasteiger partial charge in [0.05, 0.1) is 50.9 Å². The first-order valence-electron chi connectivity index (χ1n) is 23.6. The zero-order chi connectivity index (χ0) is 45.3. The quantitative estimate of drug-likeness (QED) is 0.190. The summed E-state index contributed by atoms with van der Waals surface area (Å²) in [4.78, 5) is 6.89. The average Bonchev–Trinajstić information content (AvgIpc) is 3.87. The van der Waals surface area contributed by atoms with Gasteiger partial charge in [-0.3, -0.25) is 0 Å². The summed E-state index contributed by atoms with van der Waals surface area (Å²) in [6, 6.07) is 81.5. The van der Waals surface area contributed by atoms with Gasteiger partial charge in [-0.15, -0.1) is 0 Å². The van der Waals surface area contributed by atoms with Crippen molar-refractivity contribution in [1.29, 1.82) is 0 Å². The van der Waals surface area contributed by atoms with E-state index < -0.39 is 5.41 Å². The fraction of sp³-hybridized carbons (Fsp3) is 0.0625. The molecule has 0 bridgehead atoms. The van der Waals surface area contributed by atoms with Crippen molar-refractivity contribution in [2.75, 3.05) is 41.2 Å². The van der Waals surface area contributed by atoms with Crippen LogP contribution >= 0.6 is 0 Å². The van der Waals surface area contributed by atoms with Crippen molar-refractivity contribution in [1.82, 2.24) is 0 Å². The first kappa shape index (κ1) is 38.6. The topological polar surface area (TPSA) is 21.8 Å². The molecule has 14 rings (SSSR count). The van der Waals surface area contributed by atoms with Crippen LogP contribution in [0, 0.1) is 0 Å². The van der Waals surface area contributed by atoms with Crippen LogP contribution in [0.2, 0.25) is 0 Å². The second kappa shape index (κ2) is 14.4. The Morgan fingerprint density at radius 1 is 0.265 bits per heavy atom. The van der Waals surface area contributed by atoms with Crippen LogP contribution in [0.15, 0.2) is 218 Å². The molecule has 0 unspecified atom stereocenters. The molecule has 68 heavy (non-hydrogen) atoms. The number of para-hydroxylation sites is 4. The predicted molar refractivity (Wildman–Crippen MR) is 285 cm³/mol. The second-order valence-electron chi connectivity index (χ2n) is 18.8. The van der Waals surface area contributed by atoms with E-state index in [9.17, 15) is 0 Å². The van der Waals surface area contributed by atoms with Gasteiger partial charge < -0.3 is 20.0 Å². The maximum Gasteiger partial charge on any atom is 0.0725 e. The van der Waals surface area contributed by atoms with E-state index in [0.29, 0.717) is 0 Å². The van der Waals surface area contributed by atoms with E-state index >= 15 is 0 Å². The summed E-state index contributed by atoms with van der Waals surface area (Å²) in [7, 11) is 6.48. The van der Waals surface area contributed by atoms with E-state index in [0.717, 1.165) is 11.4 Å². The second-order valence-corrected chi connectivity index (χ2v) is 18.8. The Hall–Kier alpha value is -8.60. The third-order valence-electron chi connectivity index (χ3n) is 15.4. The van der Waals surface area contributed by atoms with Gasteiger partial charge in [-0.25, -0.2) is 0 Å². The minimum atomic E-state index is -0.466. The molecular formula is C64H46N4. The van der Waals surface area contributed by atoms with Gasteiger partial charge in [-0.2, -0.15) is 0 Å². The van der Waals surface area contributed by atoms with Gasteiger partial charge in [0.1, 0.15) is 0 Å². The van der Waals surface area contributed by atoms with E-state index in [4.69, 9.17) is 0 Å². The lowest BCUT2D eigenvalue weighted by molar-refractivity contribution is 0.794. The highest BCUT2D eigenvalue weighted by atomic mass is 15.2. The lowest BCUT2D eigenvalue weighted by Crippen LogP contribution is -2.26. The molecule has 0 radical (unpaired) electrons. The molecule has 4 heteroatoms. The van der Waals surface area contributed by atoms with Crippen LogP contribution in [0.3, 0.4) is 0 Å². The Morgan fingerprint density at radius 2 is 0.618 bits per heavy atom. The van der Waals surface area contributed by atoms with Crippen molar-refractivity contribution < 1.29 is 0 Å². The normalized spacial score (nSPS) is 14.0. The summed E-state index contributed by atoms with van der Waals surface area (Å²) in [6.45, 7) is 0. The Labute approximate surface area is 397 Å². The van der Waals surface area contributed by atoms with Crippen molar-refractivity contribution >= 4 is 45.5 Å². The van der Waals surface area contributed by atoms with Crippen molar-refractivity contribution in [3.63, 3.8) is 0 Å². The molecule has 1 N–H and O–H groups in total. The van der Waals surface area contributed by atoms with Crippen molar-refractivity contribution in [2.24, 2.45) is 0 Å². The predicted octanol–water partition coefficient (Wildman–Crippen LogP) is 16.4. The molecule has 1 spiro atoms. The highest BCUT2D eigenvalue weighted by Gasteiger charge is 2.51. The summed E-state index contributed by atoms with van der Waals surface area (Å²) in [5.74, 6) is 0. The van der Waals surface area contributed by atoms with Gasteiger partial charge in [0.25, 0.3) is 0 Å². The lowest BCUT2D eigenvalue weighted by atomic mass is 9.70. The van der Waals surface area contributed by atoms with E-state index in [-0.39, 0.29) is 0 Å². The number of nitrogens with one attached hydrogen (secondary N) is 1. The summed E-state index contributed by atoms with van der Waals surface area (Å²) in [5, 5.41) is 3.63. The minimum absolute atomic E-state index is 0.466. The fourth-order valence-corrected chi connectivity index (χ4v) is 12.0. The number of rotatable bonds is 4. The maximum absolute atomic E-state index is 3.63. The number of fused-ring (bicyclic) bond motifs is 14. The van der Waals surface area contributed by atoms with E-state index in [2.05, 4.69) is 260 Å². The van der Waals surface area contributed by atoms with Gasteiger partial charge in [0.2, 0.25) is 0 Å². The summed E-state index contributed by atoms with van der Waals surface area (Å²) in [6.07, 6.45) is 0. The van der Waals surface area contributed by atoms with Gasteiger partial charge in [0, 0.05) is 21.1 Å². The van der Waals surface area contributed by atoms with Gasteiger partial charge >= 0.3 is 0 Å². The Morgan fingerprint density at radius 3 is 1.18 bits per heavy atom. The molecule has 2 heterocycles. The molecule has 4 nitrogen and oxygen atoms in total. The van der Waals surface area contributed by atoms with Gasteiger partial charge in [0.15, 0.2) is 0 Å². The largest absolute Gasteiger partial charge is 0.352 e. The van der Waals surface area contributed by atoms with Crippen LogP contribution in [-0.2, 0) is 5.41 Å². The van der Waals surface area contributed by atoms with Gasteiger partial charge in [-0.1, -0.05) is 158 Å². The van der Waals surface area contributed by atoms with E-state index in [1.807, 2.05) is 0 Å². The fourth-order valence-electron chi connectivity index (χ4n) is 12.0. The number of hydrogen-bond acceptors (Lipinski definition) is 4. The third-order valence-corrected chi connectivity index (χ3v) is 15.4. The van der Waals surface area contributed by atoms with Crippen LogP contribution in [0.25, 0.3) is 66.8 Å². The lowest BCUT2D eigenvalue weighted by Gasteiger charge is -2.36. The molecule has 0 fully saturated rings. The molecular weight excluding hydrogens is 825 g/mol. The molecule has 10 aromatic carbocycles. The van der Waals surface area contributed by atoms with Crippen LogP contribution in [0.5, 0.6) is 0 Å². The van der Waals surface area contributed by atoms with E-state index in [1.165, 1.54) is 123 Å². The molecule has 322 valence electrons. The Balaban J connectivity index is 0.836. The zero-order valence-electron chi connectivity index (χ0n) is 38.1.